The van der Waals surface area contributed by atoms with E-state index in [1.54, 1.807) is 12.4 Å². The Morgan fingerprint density at radius 2 is 1.62 bits per heavy atom. The van der Waals surface area contributed by atoms with Crippen molar-refractivity contribution in [3.8, 4) is 17.2 Å². The van der Waals surface area contributed by atoms with E-state index in [4.69, 9.17) is 9.15 Å². The summed E-state index contributed by atoms with van der Waals surface area (Å²) in [5.74, 6) is 1.08. The molecule has 6 nitrogen and oxygen atoms in total. The summed E-state index contributed by atoms with van der Waals surface area (Å²) >= 11 is 0. The topological polar surface area (TPSA) is 73.1 Å². The quantitative estimate of drug-likeness (QED) is 0.557. The minimum atomic E-state index is 0.329. The van der Waals surface area contributed by atoms with Gasteiger partial charge in [-0.3, -0.25) is 4.98 Å². The zero-order valence-electron chi connectivity index (χ0n) is 13.9. The van der Waals surface area contributed by atoms with Crippen molar-refractivity contribution in [1.82, 2.24) is 15.2 Å². The van der Waals surface area contributed by atoms with E-state index < -0.39 is 0 Å². The van der Waals surface area contributed by atoms with Gasteiger partial charge in [0, 0.05) is 18.1 Å². The molecular formula is C20H16N4O2. The van der Waals surface area contributed by atoms with Crippen LogP contribution in [0.5, 0.6) is 5.75 Å². The van der Waals surface area contributed by atoms with Gasteiger partial charge in [0.15, 0.2) is 0 Å². The second kappa shape index (κ2) is 7.48. The van der Waals surface area contributed by atoms with E-state index in [1.165, 1.54) is 0 Å². The van der Waals surface area contributed by atoms with E-state index in [0.29, 0.717) is 24.3 Å². The van der Waals surface area contributed by atoms with E-state index in [0.717, 1.165) is 16.8 Å². The molecule has 0 spiro atoms. The van der Waals surface area contributed by atoms with Crippen molar-refractivity contribution in [2.24, 2.45) is 0 Å². The van der Waals surface area contributed by atoms with Crippen LogP contribution in [0, 0.1) is 0 Å². The van der Waals surface area contributed by atoms with Gasteiger partial charge in [-0.1, -0.05) is 35.4 Å². The van der Waals surface area contributed by atoms with Crippen LogP contribution in [0.1, 0.15) is 5.56 Å². The molecule has 2 heterocycles. The second-order valence-corrected chi connectivity index (χ2v) is 5.54. The molecule has 0 aliphatic carbocycles. The molecule has 0 atom stereocenters. The zero-order valence-corrected chi connectivity index (χ0v) is 13.9. The fraction of sp³-hybridized carbons (Fsp3) is 0.0500. The molecule has 2 aromatic carbocycles. The van der Waals surface area contributed by atoms with Crippen LogP contribution in [-0.4, -0.2) is 15.2 Å². The number of hydrogen-bond donors (Lipinski definition) is 1. The lowest BCUT2D eigenvalue weighted by atomic mass is 10.2. The lowest BCUT2D eigenvalue weighted by molar-refractivity contribution is 0.306. The van der Waals surface area contributed by atoms with Gasteiger partial charge in [0.2, 0.25) is 0 Å². The van der Waals surface area contributed by atoms with Crippen molar-refractivity contribution in [1.29, 1.82) is 0 Å². The highest BCUT2D eigenvalue weighted by Gasteiger charge is 2.13. The molecule has 0 unspecified atom stereocenters. The molecule has 26 heavy (non-hydrogen) atoms. The van der Waals surface area contributed by atoms with E-state index >= 15 is 0 Å². The maximum atomic E-state index is 5.93. The Hall–Kier alpha value is -3.67. The van der Waals surface area contributed by atoms with E-state index in [9.17, 15) is 0 Å². The first-order chi connectivity index (χ1) is 12.9. The van der Waals surface area contributed by atoms with Crippen LogP contribution in [0.4, 0.5) is 11.7 Å². The number of ether oxygens (including phenoxy) is 1. The summed E-state index contributed by atoms with van der Waals surface area (Å²) in [6, 6.07) is 21.4. The van der Waals surface area contributed by atoms with Crippen LogP contribution < -0.4 is 10.1 Å². The normalized spacial score (nSPS) is 10.5. The molecule has 0 aliphatic rings. The lowest BCUT2D eigenvalue weighted by Crippen LogP contribution is -1.97. The van der Waals surface area contributed by atoms with E-state index in [-0.39, 0.29) is 0 Å². The highest BCUT2D eigenvalue weighted by molar-refractivity contribution is 5.63. The highest BCUT2D eigenvalue weighted by Crippen LogP contribution is 2.30. The summed E-state index contributed by atoms with van der Waals surface area (Å²) in [5.41, 5.74) is 2.66. The molecule has 2 aromatic heterocycles. The number of pyridine rings is 1. The van der Waals surface area contributed by atoms with Gasteiger partial charge in [-0.25, -0.2) is 0 Å². The molecule has 0 aliphatic heterocycles. The highest BCUT2D eigenvalue weighted by atomic mass is 16.5. The van der Waals surface area contributed by atoms with Crippen LogP contribution >= 0.6 is 0 Å². The minimum absolute atomic E-state index is 0.329. The van der Waals surface area contributed by atoms with Gasteiger partial charge < -0.3 is 14.5 Å². The fourth-order valence-corrected chi connectivity index (χ4v) is 2.44. The third-order valence-corrected chi connectivity index (χ3v) is 3.71. The number of benzene rings is 2. The van der Waals surface area contributed by atoms with Crippen LogP contribution in [0.3, 0.4) is 0 Å². The predicted molar refractivity (Wildman–Crippen MR) is 98.0 cm³/mol. The number of para-hydroxylation sites is 2. The monoisotopic (exact) mass is 344 g/mol. The van der Waals surface area contributed by atoms with Gasteiger partial charge in [0.25, 0.3) is 5.89 Å². The van der Waals surface area contributed by atoms with E-state index in [2.05, 4.69) is 20.5 Å². The average molecular weight is 344 g/mol. The number of hydrogen-bond acceptors (Lipinski definition) is 6. The molecule has 4 rings (SSSR count). The molecule has 128 valence electrons. The number of rotatable bonds is 6. The summed E-state index contributed by atoms with van der Waals surface area (Å²) in [5, 5.41) is 11.3. The average Bonchev–Trinajstić information content (AvgIpc) is 3.16. The smallest absolute Gasteiger partial charge is 0.320 e. The predicted octanol–water partition coefficient (Wildman–Crippen LogP) is 4.45. The molecule has 0 saturated heterocycles. The second-order valence-electron chi connectivity index (χ2n) is 5.54. The summed E-state index contributed by atoms with van der Waals surface area (Å²) < 4.78 is 11.7. The van der Waals surface area contributed by atoms with Gasteiger partial charge >= 0.3 is 6.01 Å². The van der Waals surface area contributed by atoms with Gasteiger partial charge in [0.1, 0.15) is 12.4 Å². The summed E-state index contributed by atoms with van der Waals surface area (Å²) in [6.07, 6.45) is 3.48. The first kappa shape index (κ1) is 15.8. The Bertz CT molecular complexity index is 971. The van der Waals surface area contributed by atoms with Crippen molar-refractivity contribution >= 4 is 11.7 Å². The Balaban J connectivity index is 1.53. The van der Waals surface area contributed by atoms with Crippen LogP contribution in [0.2, 0.25) is 0 Å². The number of aromatic nitrogens is 3. The van der Waals surface area contributed by atoms with Crippen molar-refractivity contribution in [2.75, 3.05) is 5.32 Å². The largest absolute Gasteiger partial charge is 0.488 e. The number of nitrogens with zero attached hydrogens (tertiary/aromatic N) is 3. The SMILES string of the molecule is c1ccc(Nc2nnc(-c3ccccc3OCc3ccncc3)o2)cc1. The Labute approximate surface area is 150 Å². The lowest BCUT2D eigenvalue weighted by Gasteiger charge is -2.09. The molecule has 1 N–H and O–H groups in total. The van der Waals surface area contributed by atoms with Gasteiger partial charge in [-0.15, -0.1) is 5.10 Å². The van der Waals surface area contributed by atoms with Crippen molar-refractivity contribution < 1.29 is 9.15 Å². The first-order valence-corrected chi connectivity index (χ1v) is 8.15. The summed E-state index contributed by atoms with van der Waals surface area (Å²) in [6.45, 7) is 0.433. The van der Waals surface area contributed by atoms with Crippen molar-refractivity contribution in [2.45, 2.75) is 6.61 Å². The molecule has 0 fully saturated rings. The maximum absolute atomic E-state index is 5.93. The number of nitrogens with one attached hydrogen (secondary N) is 1. The minimum Gasteiger partial charge on any atom is -0.488 e. The van der Waals surface area contributed by atoms with Gasteiger partial charge in [-0.05, 0) is 42.0 Å². The third-order valence-electron chi connectivity index (χ3n) is 3.71. The van der Waals surface area contributed by atoms with Gasteiger partial charge in [0.05, 0.1) is 5.56 Å². The molecule has 4 aromatic rings. The van der Waals surface area contributed by atoms with Crippen molar-refractivity contribution in [3.63, 3.8) is 0 Å². The standard InChI is InChI=1S/C20H16N4O2/c1-2-6-16(7-3-1)22-20-24-23-19(26-20)17-8-4-5-9-18(17)25-14-15-10-12-21-13-11-15/h1-13H,14H2,(H,22,24). The van der Waals surface area contributed by atoms with E-state index in [1.807, 2.05) is 66.7 Å². The third kappa shape index (κ3) is 3.70. The zero-order chi connectivity index (χ0) is 17.6. The summed E-state index contributed by atoms with van der Waals surface area (Å²) in [4.78, 5) is 4.01. The van der Waals surface area contributed by atoms with Crippen molar-refractivity contribution in [3.05, 3.63) is 84.7 Å². The van der Waals surface area contributed by atoms with Crippen LogP contribution in [0.15, 0.2) is 83.5 Å². The fourth-order valence-electron chi connectivity index (χ4n) is 2.44. The first-order valence-electron chi connectivity index (χ1n) is 8.15. The molecule has 0 saturated carbocycles. The molecule has 0 bridgehead atoms. The molecular weight excluding hydrogens is 328 g/mol. The Kier molecular flexibility index (Phi) is 4.56. The van der Waals surface area contributed by atoms with Crippen LogP contribution in [-0.2, 0) is 6.61 Å². The van der Waals surface area contributed by atoms with Crippen LogP contribution in [0.25, 0.3) is 11.5 Å². The summed E-state index contributed by atoms with van der Waals surface area (Å²) in [7, 11) is 0. The molecule has 0 amide bonds. The molecule has 0 radical (unpaired) electrons. The number of anilines is 2. The molecule has 6 heteroatoms. The Morgan fingerprint density at radius 3 is 2.46 bits per heavy atom. The maximum Gasteiger partial charge on any atom is 0.320 e. The Morgan fingerprint density at radius 1 is 0.846 bits per heavy atom. The van der Waals surface area contributed by atoms with Gasteiger partial charge in [-0.2, -0.15) is 0 Å².